The van der Waals surface area contributed by atoms with Crippen LogP contribution in [0.2, 0.25) is 0 Å². The van der Waals surface area contributed by atoms with Gasteiger partial charge in [0, 0.05) is 70.9 Å². The molecular formula is C96H60N4. The molecule has 4 heteroatoms. The molecule has 0 aliphatic carbocycles. The van der Waals surface area contributed by atoms with E-state index in [0.717, 1.165) is 22.6 Å². The molecule has 21 aromatic rings. The minimum Gasteiger partial charge on any atom is -0.309 e. The molecule has 5 heterocycles. The van der Waals surface area contributed by atoms with Gasteiger partial charge in [0.25, 0.3) is 0 Å². The fourth-order valence-corrected chi connectivity index (χ4v) is 16.6. The fourth-order valence-electron chi connectivity index (χ4n) is 16.6. The van der Waals surface area contributed by atoms with E-state index in [9.17, 15) is 0 Å². The van der Waals surface area contributed by atoms with Gasteiger partial charge in [0.2, 0.25) is 0 Å². The van der Waals surface area contributed by atoms with Crippen LogP contribution in [-0.4, -0.2) is 18.1 Å². The Balaban J connectivity index is 0.604. The molecule has 5 aromatic heterocycles. The molecule has 0 aliphatic rings. The first-order valence-electron chi connectivity index (χ1n) is 34.5. The number of benzene rings is 16. The first-order chi connectivity index (χ1) is 49.6. The summed E-state index contributed by atoms with van der Waals surface area (Å²) < 4.78 is 9.71. The minimum atomic E-state index is 1.12. The van der Waals surface area contributed by atoms with Crippen LogP contribution in [-0.2, 0) is 0 Å². The molecule has 0 fully saturated rings. The molecule has 0 aliphatic heterocycles. The molecule has 0 radical (unpaired) electrons. The highest BCUT2D eigenvalue weighted by atomic mass is 15.0. The first kappa shape index (κ1) is 55.9. The third-order valence-electron chi connectivity index (χ3n) is 21.2. The minimum absolute atomic E-state index is 1.12. The number of fused-ring (bicyclic) bond motifs is 15. The molecule has 0 saturated heterocycles. The topological polar surface area (TPSA) is 19.2 Å². The van der Waals surface area contributed by atoms with Gasteiger partial charge in [-0.05, 0) is 223 Å². The van der Waals surface area contributed by atoms with Gasteiger partial charge in [-0.2, -0.15) is 0 Å². The van der Waals surface area contributed by atoms with Crippen LogP contribution in [0.15, 0.2) is 364 Å². The number of hydrogen-bond donors (Lipinski definition) is 0. The predicted molar refractivity (Wildman–Crippen MR) is 422 cm³/mol. The maximum absolute atomic E-state index is 2.45. The normalized spacial score (nSPS) is 12.0. The third-order valence-corrected chi connectivity index (χ3v) is 21.2. The second-order valence-electron chi connectivity index (χ2n) is 26.8. The Labute approximate surface area is 576 Å². The summed E-state index contributed by atoms with van der Waals surface area (Å²) in [6, 6.07) is 135. The molecule has 0 spiro atoms. The van der Waals surface area contributed by atoms with Gasteiger partial charge in [0.15, 0.2) is 0 Å². The number of nitrogens with zero attached hydrogens (tertiary/aromatic N) is 4. The summed E-state index contributed by atoms with van der Waals surface area (Å²) in [5.41, 5.74) is 30.9. The third kappa shape index (κ3) is 8.74. The lowest BCUT2D eigenvalue weighted by molar-refractivity contribution is 1.17. The zero-order chi connectivity index (χ0) is 65.5. The van der Waals surface area contributed by atoms with E-state index in [1.807, 2.05) is 0 Å². The molecule has 0 N–H and O–H groups in total. The number of rotatable bonds is 10. The number of para-hydroxylation sites is 6. The van der Waals surface area contributed by atoms with Crippen molar-refractivity contribution in [1.29, 1.82) is 0 Å². The molecule has 4 nitrogen and oxygen atoms in total. The smallest absolute Gasteiger partial charge is 0.0620 e. The van der Waals surface area contributed by atoms with Crippen LogP contribution in [0.4, 0.5) is 0 Å². The summed E-state index contributed by atoms with van der Waals surface area (Å²) in [6.45, 7) is 0. The predicted octanol–water partition coefficient (Wildman–Crippen LogP) is 25.8. The monoisotopic (exact) mass is 1270 g/mol. The van der Waals surface area contributed by atoms with E-state index in [1.165, 1.54) is 176 Å². The lowest BCUT2D eigenvalue weighted by Crippen LogP contribution is -1.96. The van der Waals surface area contributed by atoms with E-state index in [0.29, 0.717) is 0 Å². The van der Waals surface area contributed by atoms with Gasteiger partial charge in [0.05, 0.1) is 49.7 Å². The second-order valence-corrected chi connectivity index (χ2v) is 26.8. The van der Waals surface area contributed by atoms with Crippen molar-refractivity contribution >= 4 is 104 Å². The van der Waals surface area contributed by atoms with Crippen LogP contribution < -0.4 is 0 Å². The van der Waals surface area contributed by atoms with Crippen LogP contribution in [0.3, 0.4) is 0 Å². The second kappa shape index (κ2) is 22.1. The van der Waals surface area contributed by atoms with Crippen molar-refractivity contribution in [1.82, 2.24) is 18.1 Å². The van der Waals surface area contributed by atoms with Crippen molar-refractivity contribution < 1.29 is 0 Å². The maximum atomic E-state index is 2.45. The molecular weight excluding hydrogens is 1210 g/mol. The van der Waals surface area contributed by atoms with Crippen LogP contribution >= 0.6 is 0 Å². The van der Waals surface area contributed by atoms with E-state index in [-0.39, 0.29) is 0 Å². The molecule has 0 atom stereocenters. The quantitative estimate of drug-likeness (QED) is 0.130. The zero-order valence-electron chi connectivity index (χ0n) is 54.4. The Morgan fingerprint density at radius 2 is 0.390 bits per heavy atom. The standard InChI is InChI=1S/C96H60N4/c1-3-20-61(21-4-1)71-53-72(55-73(54-71)67-26-18-23-64(51-67)65-24-19-27-68(52-65)74-58-86-81-33-10-15-38-91(81)100-92-39-16-11-34-82(92)87(59-74)96(86)100)66-25-17-22-63(50-66)62-40-44-76(45-41-62)98-89-36-13-9-32-80(89)85-60-77(46-49-95(85)98)99-90-37-14-8-31-79(90)84-57-70(43-48-94(84)99)69-42-47-93-83(56-69)78-30-7-12-35-88(78)97(93)75-28-5-2-6-29-75/h1-60H. The highest BCUT2D eigenvalue weighted by Gasteiger charge is 2.22. The Bertz CT molecular complexity index is 6790. The van der Waals surface area contributed by atoms with Crippen molar-refractivity contribution in [3.05, 3.63) is 364 Å². The van der Waals surface area contributed by atoms with Gasteiger partial charge >= 0.3 is 0 Å². The van der Waals surface area contributed by atoms with Crippen molar-refractivity contribution in [3.8, 4) is 95.0 Å². The molecule has 0 amide bonds. The summed E-state index contributed by atoms with van der Waals surface area (Å²) in [5.74, 6) is 0. The summed E-state index contributed by atoms with van der Waals surface area (Å²) in [4.78, 5) is 0. The lowest BCUT2D eigenvalue weighted by atomic mass is 9.91. The highest BCUT2D eigenvalue weighted by Crippen LogP contribution is 2.45. The lowest BCUT2D eigenvalue weighted by Gasteiger charge is -2.14. The SMILES string of the molecule is c1ccc(-c2cc(-c3cccc(-c4ccc(-n5c6ccccc6c6cc(-n7c8ccccc8c8cc(-c9ccc%10c(c9)c9ccccc9n%10-c9ccccc9)ccc87)ccc65)cc4)c3)cc(-c3cccc(-c4cccc(-c5cc6c7ccccc7n7c8ccccc8c(c5)c67)c4)c3)c2)cc1. The zero-order valence-corrected chi connectivity index (χ0v) is 54.4. The van der Waals surface area contributed by atoms with E-state index >= 15 is 0 Å². The van der Waals surface area contributed by atoms with E-state index in [1.54, 1.807) is 0 Å². The van der Waals surface area contributed by atoms with Crippen LogP contribution in [0.5, 0.6) is 0 Å². The van der Waals surface area contributed by atoms with Crippen molar-refractivity contribution in [3.63, 3.8) is 0 Å². The van der Waals surface area contributed by atoms with Crippen LogP contribution in [0, 0.1) is 0 Å². The van der Waals surface area contributed by atoms with Crippen LogP contribution in [0.1, 0.15) is 0 Å². The number of hydrogen-bond acceptors (Lipinski definition) is 0. The van der Waals surface area contributed by atoms with E-state index < -0.39 is 0 Å². The molecule has 21 rings (SSSR count). The van der Waals surface area contributed by atoms with Crippen molar-refractivity contribution in [2.75, 3.05) is 0 Å². The maximum Gasteiger partial charge on any atom is 0.0620 e. The highest BCUT2D eigenvalue weighted by molar-refractivity contribution is 6.25. The summed E-state index contributed by atoms with van der Waals surface area (Å²) in [7, 11) is 0. The average molecular weight is 1270 g/mol. The summed E-state index contributed by atoms with van der Waals surface area (Å²) in [5, 5.41) is 12.5. The van der Waals surface area contributed by atoms with Crippen molar-refractivity contribution in [2.24, 2.45) is 0 Å². The van der Waals surface area contributed by atoms with Gasteiger partial charge in [-0.15, -0.1) is 0 Å². The Hall–Kier alpha value is -13.3. The molecule has 0 saturated carbocycles. The Morgan fingerprint density at radius 1 is 0.130 bits per heavy atom. The van der Waals surface area contributed by atoms with Gasteiger partial charge < -0.3 is 18.1 Å². The molecule has 464 valence electrons. The average Bonchev–Trinajstić information content (AvgIpc) is 1.54. The summed E-state index contributed by atoms with van der Waals surface area (Å²) >= 11 is 0. The van der Waals surface area contributed by atoms with Crippen molar-refractivity contribution in [2.45, 2.75) is 0 Å². The van der Waals surface area contributed by atoms with Crippen LogP contribution in [0.25, 0.3) is 198 Å². The first-order valence-corrected chi connectivity index (χ1v) is 34.5. The molecule has 0 unspecified atom stereocenters. The van der Waals surface area contributed by atoms with Gasteiger partial charge in [-0.25, -0.2) is 0 Å². The Morgan fingerprint density at radius 3 is 0.860 bits per heavy atom. The molecule has 100 heavy (non-hydrogen) atoms. The molecule has 16 aromatic carbocycles. The number of aromatic nitrogens is 4. The largest absolute Gasteiger partial charge is 0.309 e. The van der Waals surface area contributed by atoms with Gasteiger partial charge in [-0.3, -0.25) is 0 Å². The van der Waals surface area contributed by atoms with Gasteiger partial charge in [0.1, 0.15) is 0 Å². The Kier molecular flexibility index (Phi) is 12.4. The van der Waals surface area contributed by atoms with E-state index in [4.69, 9.17) is 0 Å². The molecule has 0 bridgehead atoms. The summed E-state index contributed by atoms with van der Waals surface area (Å²) in [6.07, 6.45) is 0. The van der Waals surface area contributed by atoms with E-state index in [2.05, 4.69) is 382 Å². The van der Waals surface area contributed by atoms with Gasteiger partial charge in [-0.1, -0.05) is 218 Å². The fraction of sp³-hybridized carbons (Fsp3) is 0.